The quantitative estimate of drug-likeness (QED) is 0.483. The molecule has 0 rings (SSSR count). The van der Waals surface area contributed by atoms with Crippen molar-refractivity contribution in [2.75, 3.05) is 0 Å². The SMILES string of the molecule is CC/C(C)=C/OC(O)CC. The molecule has 0 aliphatic heterocycles. The maximum atomic E-state index is 8.94. The standard InChI is InChI=1S/C8H16O2/c1-4-7(3)6-10-8(9)5-2/h6,8-9H,4-5H2,1-3H3/b7-6+. The van der Waals surface area contributed by atoms with E-state index in [-0.39, 0.29) is 0 Å². The van der Waals surface area contributed by atoms with E-state index in [0.29, 0.717) is 6.42 Å². The molecule has 0 amide bonds. The van der Waals surface area contributed by atoms with Crippen molar-refractivity contribution in [3.63, 3.8) is 0 Å². The Hall–Kier alpha value is -0.500. The largest absolute Gasteiger partial charge is 0.473 e. The topological polar surface area (TPSA) is 29.5 Å². The van der Waals surface area contributed by atoms with Crippen molar-refractivity contribution >= 4 is 0 Å². The highest BCUT2D eigenvalue weighted by Gasteiger charge is 1.95. The monoisotopic (exact) mass is 144 g/mol. The molecule has 0 aromatic carbocycles. The lowest BCUT2D eigenvalue weighted by Gasteiger charge is -2.06. The molecule has 1 unspecified atom stereocenters. The number of allylic oxidation sites excluding steroid dienone is 1. The van der Waals surface area contributed by atoms with Gasteiger partial charge in [0.05, 0.1) is 6.26 Å². The average Bonchev–Trinajstić information content (AvgIpc) is 1.99. The van der Waals surface area contributed by atoms with Gasteiger partial charge in [0, 0.05) is 6.42 Å². The summed E-state index contributed by atoms with van der Waals surface area (Å²) in [4.78, 5) is 0. The fraction of sp³-hybridized carbons (Fsp3) is 0.750. The fourth-order valence-corrected chi connectivity index (χ4v) is 0.374. The first-order valence-corrected chi connectivity index (χ1v) is 3.69. The lowest BCUT2D eigenvalue weighted by atomic mass is 10.3. The average molecular weight is 144 g/mol. The van der Waals surface area contributed by atoms with Gasteiger partial charge in [-0.05, 0) is 18.9 Å². The van der Waals surface area contributed by atoms with E-state index in [1.807, 2.05) is 20.8 Å². The molecule has 0 aliphatic carbocycles. The molecule has 2 nitrogen and oxygen atoms in total. The molecule has 0 heterocycles. The molecule has 0 fully saturated rings. The zero-order valence-corrected chi connectivity index (χ0v) is 6.92. The molecule has 0 aromatic heterocycles. The Labute approximate surface area is 62.5 Å². The van der Waals surface area contributed by atoms with E-state index in [1.165, 1.54) is 0 Å². The molecule has 0 aromatic rings. The van der Waals surface area contributed by atoms with Crippen molar-refractivity contribution in [2.24, 2.45) is 0 Å². The number of hydrogen-bond donors (Lipinski definition) is 1. The summed E-state index contributed by atoms with van der Waals surface area (Å²) in [6.45, 7) is 5.90. The lowest BCUT2D eigenvalue weighted by molar-refractivity contribution is -0.0534. The molecule has 10 heavy (non-hydrogen) atoms. The van der Waals surface area contributed by atoms with E-state index in [4.69, 9.17) is 9.84 Å². The zero-order chi connectivity index (χ0) is 7.98. The smallest absolute Gasteiger partial charge is 0.196 e. The number of aliphatic hydroxyl groups excluding tert-OH is 1. The predicted octanol–water partition coefficient (Wildman–Crippen LogP) is 2.05. The molecule has 0 saturated carbocycles. The molecule has 1 atom stereocenters. The Morgan fingerprint density at radius 2 is 2.20 bits per heavy atom. The highest BCUT2D eigenvalue weighted by Crippen LogP contribution is 2.01. The van der Waals surface area contributed by atoms with Gasteiger partial charge in [0.2, 0.25) is 0 Å². The molecule has 1 N–H and O–H groups in total. The maximum Gasteiger partial charge on any atom is 0.196 e. The van der Waals surface area contributed by atoms with Gasteiger partial charge in [-0.3, -0.25) is 0 Å². The van der Waals surface area contributed by atoms with Crippen LogP contribution in [0.1, 0.15) is 33.6 Å². The Morgan fingerprint density at radius 1 is 1.60 bits per heavy atom. The van der Waals surface area contributed by atoms with Crippen LogP contribution in [-0.2, 0) is 4.74 Å². The Kier molecular flexibility index (Phi) is 5.03. The van der Waals surface area contributed by atoms with E-state index in [1.54, 1.807) is 6.26 Å². The molecular formula is C8H16O2. The van der Waals surface area contributed by atoms with Crippen molar-refractivity contribution < 1.29 is 9.84 Å². The Bertz CT molecular complexity index is 108. The van der Waals surface area contributed by atoms with Crippen LogP contribution in [-0.4, -0.2) is 11.4 Å². The maximum absolute atomic E-state index is 8.94. The van der Waals surface area contributed by atoms with Crippen LogP contribution >= 0.6 is 0 Å². The molecule has 0 spiro atoms. The minimum atomic E-state index is -0.638. The van der Waals surface area contributed by atoms with Crippen molar-refractivity contribution in [3.05, 3.63) is 11.8 Å². The van der Waals surface area contributed by atoms with Gasteiger partial charge < -0.3 is 9.84 Å². The summed E-state index contributed by atoms with van der Waals surface area (Å²) in [5.41, 5.74) is 1.15. The van der Waals surface area contributed by atoms with E-state index >= 15 is 0 Å². The predicted molar refractivity (Wildman–Crippen MR) is 41.4 cm³/mol. The lowest BCUT2D eigenvalue weighted by Crippen LogP contribution is -2.05. The van der Waals surface area contributed by atoms with Crippen molar-refractivity contribution in [1.82, 2.24) is 0 Å². The first-order chi connectivity index (χ1) is 4.70. The minimum absolute atomic E-state index is 0.632. The second-order valence-corrected chi connectivity index (χ2v) is 2.32. The normalized spacial score (nSPS) is 15.0. The third kappa shape index (κ3) is 4.39. The van der Waals surface area contributed by atoms with Gasteiger partial charge in [-0.2, -0.15) is 0 Å². The van der Waals surface area contributed by atoms with Crippen molar-refractivity contribution in [3.8, 4) is 0 Å². The van der Waals surface area contributed by atoms with E-state index in [2.05, 4.69) is 0 Å². The number of aliphatic hydroxyl groups is 1. The Balaban J connectivity index is 3.50. The van der Waals surface area contributed by atoms with Gasteiger partial charge in [0.1, 0.15) is 0 Å². The third-order valence-electron chi connectivity index (χ3n) is 1.33. The first-order valence-electron chi connectivity index (χ1n) is 3.69. The van der Waals surface area contributed by atoms with Crippen LogP contribution in [0.2, 0.25) is 0 Å². The van der Waals surface area contributed by atoms with Crippen LogP contribution in [0.4, 0.5) is 0 Å². The molecule has 0 aliphatic rings. The summed E-state index contributed by atoms with van der Waals surface area (Å²) in [6, 6.07) is 0. The van der Waals surface area contributed by atoms with Crippen LogP contribution in [0.3, 0.4) is 0 Å². The molecule has 60 valence electrons. The first kappa shape index (κ1) is 9.50. The highest BCUT2D eigenvalue weighted by atomic mass is 16.6. The van der Waals surface area contributed by atoms with Gasteiger partial charge >= 0.3 is 0 Å². The van der Waals surface area contributed by atoms with Gasteiger partial charge in [0.15, 0.2) is 6.29 Å². The summed E-state index contributed by atoms with van der Waals surface area (Å²) in [6.07, 6.45) is 2.58. The van der Waals surface area contributed by atoms with Crippen molar-refractivity contribution in [2.45, 2.75) is 39.9 Å². The van der Waals surface area contributed by atoms with Crippen LogP contribution in [0.25, 0.3) is 0 Å². The summed E-state index contributed by atoms with van der Waals surface area (Å²) in [5.74, 6) is 0. The molecule has 0 radical (unpaired) electrons. The highest BCUT2D eigenvalue weighted by molar-refractivity contribution is 4.90. The third-order valence-corrected chi connectivity index (χ3v) is 1.33. The molecule has 2 heteroatoms. The van der Waals surface area contributed by atoms with Crippen LogP contribution < -0.4 is 0 Å². The van der Waals surface area contributed by atoms with Gasteiger partial charge in [-0.25, -0.2) is 0 Å². The summed E-state index contributed by atoms with van der Waals surface area (Å²) >= 11 is 0. The van der Waals surface area contributed by atoms with E-state index in [0.717, 1.165) is 12.0 Å². The minimum Gasteiger partial charge on any atom is -0.473 e. The van der Waals surface area contributed by atoms with Crippen molar-refractivity contribution in [1.29, 1.82) is 0 Å². The summed E-state index contributed by atoms with van der Waals surface area (Å²) in [7, 11) is 0. The Morgan fingerprint density at radius 3 is 2.60 bits per heavy atom. The number of hydrogen-bond acceptors (Lipinski definition) is 2. The molecule has 0 saturated heterocycles. The van der Waals surface area contributed by atoms with Gasteiger partial charge in [-0.15, -0.1) is 0 Å². The van der Waals surface area contributed by atoms with Crippen LogP contribution in [0.5, 0.6) is 0 Å². The number of rotatable bonds is 4. The van der Waals surface area contributed by atoms with E-state index in [9.17, 15) is 0 Å². The second-order valence-electron chi connectivity index (χ2n) is 2.32. The van der Waals surface area contributed by atoms with E-state index < -0.39 is 6.29 Å². The molecular weight excluding hydrogens is 128 g/mol. The number of ether oxygens (including phenoxy) is 1. The molecule has 0 bridgehead atoms. The van der Waals surface area contributed by atoms with Crippen LogP contribution in [0.15, 0.2) is 11.8 Å². The van der Waals surface area contributed by atoms with Gasteiger partial charge in [0.25, 0.3) is 0 Å². The van der Waals surface area contributed by atoms with Gasteiger partial charge in [-0.1, -0.05) is 13.8 Å². The van der Waals surface area contributed by atoms with Crippen LogP contribution in [0, 0.1) is 0 Å². The summed E-state index contributed by atoms with van der Waals surface area (Å²) in [5, 5.41) is 8.94. The summed E-state index contributed by atoms with van der Waals surface area (Å²) < 4.78 is 4.94. The fourth-order valence-electron chi connectivity index (χ4n) is 0.374. The second kappa shape index (κ2) is 5.30. The zero-order valence-electron chi connectivity index (χ0n) is 6.92.